The number of nitrogens with one attached hydrogen (secondary N) is 1. The van der Waals surface area contributed by atoms with Crippen LogP contribution in [0.2, 0.25) is 0 Å². The van der Waals surface area contributed by atoms with Crippen LogP contribution in [0.5, 0.6) is 0 Å². The molecule has 0 saturated heterocycles. The van der Waals surface area contributed by atoms with E-state index < -0.39 is 0 Å². The zero-order valence-corrected chi connectivity index (χ0v) is 10.0. The molecule has 3 N–H and O–H groups in total. The SMILES string of the molecule is Cc1cc(F)ccc1C(NN)C1CC1(C)C. The summed E-state index contributed by atoms with van der Waals surface area (Å²) in [6.45, 7) is 6.40. The highest BCUT2D eigenvalue weighted by Crippen LogP contribution is 2.57. The number of hydrogen-bond donors (Lipinski definition) is 2. The highest BCUT2D eigenvalue weighted by molar-refractivity contribution is 5.31. The van der Waals surface area contributed by atoms with Crippen LogP contribution in [0, 0.1) is 24.1 Å². The third kappa shape index (κ3) is 1.97. The van der Waals surface area contributed by atoms with Crippen LogP contribution < -0.4 is 11.3 Å². The van der Waals surface area contributed by atoms with Gasteiger partial charge in [0.25, 0.3) is 0 Å². The van der Waals surface area contributed by atoms with Gasteiger partial charge in [-0.25, -0.2) is 4.39 Å². The first kappa shape index (κ1) is 11.6. The highest BCUT2D eigenvalue weighted by Gasteiger charge is 2.50. The Bertz CT molecular complexity index is 401. The van der Waals surface area contributed by atoms with E-state index in [9.17, 15) is 4.39 Å². The average molecular weight is 222 g/mol. The van der Waals surface area contributed by atoms with E-state index in [1.165, 1.54) is 12.5 Å². The molecule has 0 radical (unpaired) electrons. The van der Waals surface area contributed by atoms with Gasteiger partial charge in [0.15, 0.2) is 0 Å². The average Bonchev–Trinajstić information content (AvgIpc) is 2.80. The fraction of sp³-hybridized carbons (Fsp3) is 0.538. The zero-order chi connectivity index (χ0) is 11.9. The van der Waals surface area contributed by atoms with Crippen LogP contribution >= 0.6 is 0 Å². The summed E-state index contributed by atoms with van der Waals surface area (Å²) in [7, 11) is 0. The van der Waals surface area contributed by atoms with Crippen molar-refractivity contribution in [1.29, 1.82) is 0 Å². The van der Waals surface area contributed by atoms with Crippen molar-refractivity contribution in [2.24, 2.45) is 17.2 Å². The van der Waals surface area contributed by atoms with Gasteiger partial charge in [-0.3, -0.25) is 11.3 Å². The van der Waals surface area contributed by atoms with Gasteiger partial charge >= 0.3 is 0 Å². The Morgan fingerprint density at radius 3 is 2.56 bits per heavy atom. The molecule has 2 nitrogen and oxygen atoms in total. The number of aryl methyl sites for hydroxylation is 1. The normalized spacial score (nSPS) is 24.2. The first-order valence-corrected chi connectivity index (χ1v) is 5.68. The standard InChI is InChI=1S/C13H19FN2/c1-8-6-9(14)4-5-10(8)12(16-15)11-7-13(11,2)3/h4-6,11-12,16H,7,15H2,1-3H3. The Morgan fingerprint density at radius 2 is 2.12 bits per heavy atom. The summed E-state index contributed by atoms with van der Waals surface area (Å²) in [5, 5.41) is 0. The Kier molecular flexibility index (Phi) is 2.76. The molecule has 2 unspecified atom stereocenters. The van der Waals surface area contributed by atoms with Crippen LogP contribution in [-0.2, 0) is 0 Å². The summed E-state index contributed by atoms with van der Waals surface area (Å²) in [5.41, 5.74) is 5.29. The van der Waals surface area contributed by atoms with Crippen LogP contribution in [0.25, 0.3) is 0 Å². The van der Waals surface area contributed by atoms with Gasteiger partial charge in [-0.15, -0.1) is 0 Å². The van der Waals surface area contributed by atoms with Crippen molar-refractivity contribution in [2.45, 2.75) is 33.2 Å². The summed E-state index contributed by atoms with van der Waals surface area (Å²) in [6.07, 6.45) is 1.17. The molecular weight excluding hydrogens is 203 g/mol. The number of rotatable bonds is 3. The van der Waals surface area contributed by atoms with Crippen molar-refractivity contribution >= 4 is 0 Å². The predicted molar refractivity (Wildman–Crippen MR) is 63.1 cm³/mol. The van der Waals surface area contributed by atoms with Gasteiger partial charge in [0, 0.05) is 6.04 Å². The molecule has 0 bridgehead atoms. The third-order valence-electron chi connectivity index (χ3n) is 3.74. The molecule has 88 valence electrons. The van der Waals surface area contributed by atoms with Gasteiger partial charge in [0.05, 0.1) is 0 Å². The van der Waals surface area contributed by atoms with Crippen LogP contribution in [0.3, 0.4) is 0 Å². The molecule has 0 aromatic heterocycles. The third-order valence-corrected chi connectivity index (χ3v) is 3.74. The fourth-order valence-electron chi connectivity index (χ4n) is 2.49. The van der Waals surface area contributed by atoms with Gasteiger partial charge < -0.3 is 0 Å². The van der Waals surface area contributed by atoms with E-state index in [-0.39, 0.29) is 11.9 Å². The molecule has 1 saturated carbocycles. The fourth-order valence-corrected chi connectivity index (χ4v) is 2.49. The van der Waals surface area contributed by atoms with Gasteiger partial charge in [-0.2, -0.15) is 0 Å². The number of benzene rings is 1. The van der Waals surface area contributed by atoms with Crippen molar-refractivity contribution in [2.75, 3.05) is 0 Å². The molecule has 2 rings (SSSR count). The van der Waals surface area contributed by atoms with Crippen LogP contribution in [0.15, 0.2) is 18.2 Å². The largest absolute Gasteiger partial charge is 0.271 e. The number of hydrazine groups is 1. The summed E-state index contributed by atoms with van der Waals surface area (Å²) >= 11 is 0. The lowest BCUT2D eigenvalue weighted by Gasteiger charge is -2.20. The van der Waals surface area contributed by atoms with Gasteiger partial charge in [-0.1, -0.05) is 19.9 Å². The Morgan fingerprint density at radius 1 is 1.50 bits per heavy atom. The minimum absolute atomic E-state index is 0.135. The van der Waals surface area contributed by atoms with E-state index >= 15 is 0 Å². The Labute approximate surface area is 96.0 Å². The van der Waals surface area contributed by atoms with Crippen molar-refractivity contribution in [1.82, 2.24) is 5.43 Å². The van der Waals surface area contributed by atoms with Crippen LogP contribution in [0.1, 0.15) is 37.4 Å². The molecule has 0 amide bonds. The van der Waals surface area contributed by atoms with Gasteiger partial charge in [0.2, 0.25) is 0 Å². The maximum Gasteiger partial charge on any atom is 0.123 e. The smallest absolute Gasteiger partial charge is 0.123 e. The summed E-state index contributed by atoms with van der Waals surface area (Å²) < 4.78 is 13.0. The summed E-state index contributed by atoms with van der Waals surface area (Å²) in [6, 6.07) is 5.04. The number of nitrogens with two attached hydrogens (primary N) is 1. The van der Waals surface area contributed by atoms with E-state index in [4.69, 9.17) is 5.84 Å². The van der Waals surface area contributed by atoms with E-state index in [0.717, 1.165) is 11.1 Å². The second-order valence-corrected chi connectivity index (χ2v) is 5.44. The topological polar surface area (TPSA) is 38.0 Å². The Hall–Kier alpha value is -0.930. The van der Waals surface area contributed by atoms with Crippen molar-refractivity contribution < 1.29 is 4.39 Å². The predicted octanol–water partition coefficient (Wildman–Crippen LogP) is 2.68. The molecule has 1 aromatic carbocycles. The van der Waals surface area contributed by atoms with E-state index in [0.29, 0.717) is 11.3 Å². The molecular formula is C13H19FN2. The van der Waals surface area contributed by atoms with Crippen molar-refractivity contribution in [3.63, 3.8) is 0 Å². The molecule has 0 aliphatic heterocycles. The maximum atomic E-state index is 13.0. The number of hydrogen-bond acceptors (Lipinski definition) is 2. The molecule has 1 aromatic rings. The molecule has 1 aliphatic rings. The monoisotopic (exact) mass is 222 g/mol. The maximum absolute atomic E-state index is 13.0. The minimum atomic E-state index is -0.188. The quantitative estimate of drug-likeness (QED) is 0.609. The van der Waals surface area contributed by atoms with Crippen molar-refractivity contribution in [3.05, 3.63) is 35.1 Å². The second-order valence-electron chi connectivity index (χ2n) is 5.44. The first-order valence-electron chi connectivity index (χ1n) is 5.68. The molecule has 1 fully saturated rings. The van der Waals surface area contributed by atoms with Crippen LogP contribution in [-0.4, -0.2) is 0 Å². The van der Waals surface area contributed by atoms with E-state index in [2.05, 4.69) is 19.3 Å². The van der Waals surface area contributed by atoms with E-state index in [1.54, 1.807) is 6.07 Å². The van der Waals surface area contributed by atoms with Gasteiger partial charge in [-0.05, 0) is 47.9 Å². The first-order chi connectivity index (χ1) is 7.45. The molecule has 3 heteroatoms. The van der Waals surface area contributed by atoms with Crippen LogP contribution in [0.4, 0.5) is 4.39 Å². The highest BCUT2D eigenvalue weighted by atomic mass is 19.1. The molecule has 2 atom stereocenters. The zero-order valence-electron chi connectivity index (χ0n) is 10.0. The second kappa shape index (κ2) is 3.82. The molecule has 0 spiro atoms. The molecule has 16 heavy (non-hydrogen) atoms. The Balaban J connectivity index is 2.28. The lowest BCUT2D eigenvalue weighted by atomic mass is 9.94. The molecule has 0 heterocycles. The van der Waals surface area contributed by atoms with E-state index in [1.807, 2.05) is 13.0 Å². The summed E-state index contributed by atoms with van der Waals surface area (Å²) in [5.74, 6) is 5.99. The lowest BCUT2D eigenvalue weighted by Crippen LogP contribution is -2.31. The minimum Gasteiger partial charge on any atom is -0.271 e. The number of halogens is 1. The summed E-state index contributed by atoms with van der Waals surface area (Å²) in [4.78, 5) is 0. The lowest BCUT2D eigenvalue weighted by molar-refractivity contribution is 0.421. The van der Waals surface area contributed by atoms with Gasteiger partial charge in [0.1, 0.15) is 5.82 Å². The van der Waals surface area contributed by atoms with Crippen molar-refractivity contribution in [3.8, 4) is 0 Å². The molecule has 1 aliphatic carbocycles.